The van der Waals surface area contributed by atoms with E-state index in [1.165, 1.54) is 24.3 Å². The van der Waals surface area contributed by atoms with Gasteiger partial charge in [0.1, 0.15) is 0 Å². The topological polar surface area (TPSA) is 146 Å². The van der Waals surface area contributed by atoms with Crippen LogP contribution in [-0.2, 0) is 24.4 Å². The van der Waals surface area contributed by atoms with E-state index in [9.17, 15) is 16.8 Å². The van der Waals surface area contributed by atoms with Gasteiger partial charge in [0.05, 0.1) is 35.2 Å². The Balaban J connectivity index is 2.09. The lowest BCUT2D eigenvalue weighted by Crippen LogP contribution is -2.26. The summed E-state index contributed by atoms with van der Waals surface area (Å²) in [5.74, 6) is -0.607. The van der Waals surface area contributed by atoms with Crippen molar-refractivity contribution in [2.45, 2.75) is 18.7 Å². The van der Waals surface area contributed by atoms with E-state index in [0.717, 1.165) is 17.8 Å². The average Bonchev–Trinajstić information content (AvgIpc) is 2.70. The standard InChI is InChI=1S/C19H25N3O7S2/c1-3-22(10-11-23)17-6-9-19(15(2)14-17)21-20-16-4-7-18(8-5-16)30(24,25)13-12-29-31(26,27)28/h4-9,14,23H,3,10-13H2,1-2H3,(H,26,27,28). The number of anilines is 1. The molecule has 0 unspecified atom stereocenters. The minimum absolute atomic E-state index is 0.0329. The second kappa shape index (κ2) is 10.8. The first kappa shape index (κ1) is 24.9. The zero-order valence-corrected chi connectivity index (χ0v) is 18.8. The van der Waals surface area contributed by atoms with Crippen LogP contribution in [0.2, 0.25) is 0 Å². The quantitative estimate of drug-likeness (QED) is 0.376. The molecular formula is C19H25N3O7S2. The minimum Gasteiger partial charge on any atom is -0.395 e. The fourth-order valence-corrected chi connectivity index (χ4v) is 4.23. The summed E-state index contributed by atoms with van der Waals surface area (Å²) in [4.78, 5) is 2.00. The highest BCUT2D eigenvalue weighted by atomic mass is 32.3. The maximum absolute atomic E-state index is 12.2. The van der Waals surface area contributed by atoms with Gasteiger partial charge in [-0.1, -0.05) is 0 Å². The van der Waals surface area contributed by atoms with Crippen molar-refractivity contribution in [1.82, 2.24) is 0 Å². The number of hydrogen-bond acceptors (Lipinski definition) is 9. The molecule has 0 saturated carbocycles. The zero-order valence-electron chi connectivity index (χ0n) is 17.2. The Hall–Kier alpha value is -2.38. The van der Waals surface area contributed by atoms with E-state index in [4.69, 9.17) is 9.66 Å². The first-order valence-electron chi connectivity index (χ1n) is 9.38. The number of aliphatic hydroxyl groups excluding tert-OH is 1. The molecule has 0 aliphatic rings. The van der Waals surface area contributed by atoms with Crippen LogP contribution >= 0.6 is 0 Å². The molecule has 0 spiro atoms. The predicted molar refractivity (Wildman–Crippen MR) is 116 cm³/mol. The maximum atomic E-state index is 12.2. The third kappa shape index (κ3) is 7.67. The molecule has 0 heterocycles. The summed E-state index contributed by atoms with van der Waals surface area (Å²) in [6.45, 7) is 4.57. The second-order valence-corrected chi connectivity index (χ2v) is 9.74. The molecule has 2 rings (SSSR count). The van der Waals surface area contributed by atoms with Gasteiger partial charge >= 0.3 is 10.4 Å². The summed E-state index contributed by atoms with van der Waals surface area (Å²) in [6.07, 6.45) is 0. The Labute approximate surface area is 182 Å². The van der Waals surface area contributed by atoms with Gasteiger partial charge in [-0.2, -0.15) is 18.6 Å². The van der Waals surface area contributed by atoms with Gasteiger partial charge in [-0.15, -0.1) is 0 Å². The van der Waals surface area contributed by atoms with Crippen LogP contribution in [0.25, 0.3) is 0 Å². The largest absolute Gasteiger partial charge is 0.397 e. The van der Waals surface area contributed by atoms with E-state index in [2.05, 4.69) is 14.4 Å². The normalized spacial score (nSPS) is 12.4. The number of rotatable bonds is 11. The van der Waals surface area contributed by atoms with Gasteiger partial charge in [-0.3, -0.25) is 4.55 Å². The average molecular weight is 472 g/mol. The lowest BCUT2D eigenvalue weighted by molar-refractivity contribution is 0.284. The molecule has 0 bridgehead atoms. The molecule has 0 saturated heterocycles. The number of azo groups is 1. The molecule has 2 aromatic rings. The van der Waals surface area contributed by atoms with Gasteiger partial charge in [0.15, 0.2) is 9.84 Å². The molecule has 12 heteroatoms. The summed E-state index contributed by atoms with van der Waals surface area (Å²) in [6, 6.07) is 11.3. The number of nitrogens with zero attached hydrogens (tertiary/aromatic N) is 3. The Bertz CT molecular complexity index is 1120. The molecule has 0 amide bonds. The Morgan fingerprint density at radius 2 is 1.71 bits per heavy atom. The van der Waals surface area contributed by atoms with Crippen molar-refractivity contribution in [1.29, 1.82) is 0 Å². The summed E-state index contributed by atoms with van der Waals surface area (Å²) in [5, 5.41) is 17.5. The smallest absolute Gasteiger partial charge is 0.395 e. The van der Waals surface area contributed by atoms with Crippen molar-refractivity contribution in [3.05, 3.63) is 48.0 Å². The Kier molecular flexibility index (Phi) is 8.65. The van der Waals surface area contributed by atoms with Crippen LogP contribution < -0.4 is 4.90 Å². The van der Waals surface area contributed by atoms with Crippen molar-refractivity contribution >= 4 is 37.3 Å². The molecule has 170 valence electrons. The summed E-state index contributed by atoms with van der Waals surface area (Å²) in [7, 11) is -8.48. The van der Waals surface area contributed by atoms with Crippen molar-refractivity contribution in [3.8, 4) is 0 Å². The molecular weight excluding hydrogens is 446 g/mol. The molecule has 2 N–H and O–H groups in total. The van der Waals surface area contributed by atoms with Crippen LogP contribution in [-0.4, -0.2) is 58.6 Å². The molecule has 0 atom stereocenters. The molecule has 31 heavy (non-hydrogen) atoms. The Morgan fingerprint density at radius 3 is 2.26 bits per heavy atom. The van der Waals surface area contributed by atoms with Gasteiger partial charge in [-0.25, -0.2) is 12.6 Å². The second-order valence-electron chi connectivity index (χ2n) is 6.54. The number of benzene rings is 2. The molecule has 0 fully saturated rings. The van der Waals surface area contributed by atoms with Crippen molar-refractivity contribution in [2.24, 2.45) is 10.2 Å². The van der Waals surface area contributed by atoms with E-state index in [1.54, 1.807) is 0 Å². The van der Waals surface area contributed by atoms with Crippen LogP contribution in [0.3, 0.4) is 0 Å². The van der Waals surface area contributed by atoms with Crippen LogP contribution in [0.1, 0.15) is 12.5 Å². The van der Waals surface area contributed by atoms with E-state index >= 15 is 0 Å². The van der Waals surface area contributed by atoms with Gasteiger partial charge in [-0.05, 0) is 61.9 Å². The van der Waals surface area contributed by atoms with E-state index in [0.29, 0.717) is 17.9 Å². The third-order valence-corrected chi connectivity index (χ3v) is 6.51. The Morgan fingerprint density at radius 1 is 1.03 bits per heavy atom. The van der Waals surface area contributed by atoms with Gasteiger partial charge in [0.2, 0.25) is 0 Å². The lowest BCUT2D eigenvalue weighted by atomic mass is 10.1. The van der Waals surface area contributed by atoms with Crippen LogP contribution in [0.4, 0.5) is 17.1 Å². The number of aryl methyl sites for hydroxylation is 1. The van der Waals surface area contributed by atoms with E-state index in [-0.39, 0.29) is 11.5 Å². The van der Waals surface area contributed by atoms with Gasteiger partial charge in [0, 0.05) is 18.8 Å². The van der Waals surface area contributed by atoms with E-state index < -0.39 is 32.6 Å². The van der Waals surface area contributed by atoms with Gasteiger partial charge in [0.25, 0.3) is 0 Å². The molecule has 0 aliphatic carbocycles. The summed E-state index contributed by atoms with van der Waals surface area (Å²) >= 11 is 0. The third-order valence-electron chi connectivity index (χ3n) is 4.35. The fourth-order valence-electron chi connectivity index (χ4n) is 2.74. The number of aliphatic hydroxyl groups is 1. The number of likely N-dealkylation sites (N-methyl/N-ethyl adjacent to an activating group) is 1. The predicted octanol–water partition coefficient (Wildman–Crippen LogP) is 2.82. The number of hydrogen-bond donors (Lipinski definition) is 2. The molecule has 0 radical (unpaired) electrons. The SMILES string of the molecule is CCN(CCO)c1ccc(N=Nc2ccc(S(=O)(=O)CCOS(=O)(=O)O)cc2)c(C)c1. The molecule has 2 aromatic carbocycles. The molecule has 0 aliphatic heterocycles. The minimum atomic E-state index is -4.69. The zero-order chi connectivity index (χ0) is 23.1. The molecule has 10 nitrogen and oxygen atoms in total. The lowest BCUT2D eigenvalue weighted by Gasteiger charge is -2.22. The highest BCUT2D eigenvalue weighted by molar-refractivity contribution is 7.91. The highest BCUT2D eigenvalue weighted by Crippen LogP contribution is 2.27. The summed E-state index contributed by atoms with van der Waals surface area (Å²) < 4.78 is 57.9. The monoisotopic (exact) mass is 471 g/mol. The first-order chi connectivity index (χ1) is 14.6. The van der Waals surface area contributed by atoms with Crippen molar-refractivity contribution in [3.63, 3.8) is 0 Å². The van der Waals surface area contributed by atoms with Crippen molar-refractivity contribution < 1.29 is 30.7 Å². The first-order valence-corrected chi connectivity index (χ1v) is 12.4. The maximum Gasteiger partial charge on any atom is 0.397 e. The van der Waals surface area contributed by atoms with Crippen LogP contribution in [0.15, 0.2) is 57.6 Å². The van der Waals surface area contributed by atoms with Gasteiger partial charge < -0.3 is 10.0 Å². The fraction of sp³-hybridized carbons (Fsp3) is 0.368. The van der Waals surface area contributed by atoms with Crippen molar-refractivity contribution in [2.75, 3.05) is 37.0 Å². The van der Waals surface area contributed by atoms with E-state index in [1.807, 2.05) is 36.9 Å². The highest BCUT2D eigenvalue weighted by Gasteiger charge is 2.16. The summed E-state index contributed by atoms with van der Waals surface area (Å²) in [5.41, 5.74) is 2.96. The van der Waals surface area contributed by atoms with Crippen LogP contribution in [0, 0.1) is 6.92 Å². The van der Waals surface area contributed by atoms with Crippen LogP contribution in [0.5, 0.6) is 0 Å². The molecule has 0 aromatic heterocycles. The number of sulfone groups is 1.